The van der Waals surface area contributed by atoms with Gasteiger partial charge in [-0.15, -0.1) is 0 Å². The number of rotatable bonds is 52. The Bertz CT molecular complexity index is 1900. The molecule has 20 nitrogen and oxygen atoms in total. The van der Waals surface area contributed by atoms with Crippen LogP contribution in [0.1, 0.15) is 250 Å². The number of aliphatic carboxylic acids is 3. The summed E-state index contributed by atoms with van der Waals surface area (Å²) in [7, 11) is -4.74. The maximum atomic E-state index is 13.0. The lowest BCUT2D eigenvalue weighted by Crippen LogP contribution is -2.49. The summed E-state index contributed by atoms with van der Waals surface area (Å²) in [6.07, 6.45) is 35.1. The number of carboxylic acid groups (broad SMARTS) is 3. The van der Waals surface area contributed by atoms with Gasteiger partial charge in [0.15, 0.2) is 6.10 Å². The van der Waals surface area contributed by atoms with Crippen molar-refractivity contribution < 1.29 is 72.1 Å². The van der Waals surface area contributed by atoms with E-state index >= 15 is 0 Å². The van der Waals surface area contributed by atoms with E-state index in [0.29, 0.717) is 24.2 Å². The highest BCUT2D eigenvalue weighted by atomic mass is 31.2. The first-order valence-corrected chi connectivity index (χ1v) is 33.6. The van der Waals surface area contributed by atoms with Gasteiger partial charge in [-0.1, -0.05) is 200 Å². The fraction of sp³-hybridized carbons (Fsp3) is 0.823. The van der Waals surface area contributed by atoms with Gasteiger partial charge in [0.2, 0.25) is 5.91 Å². The molecule has 1 aliphatic rings. The smallest absolute Gasteiger partial charge is 0.472 e. The molecule has 1 aromatic rings. The maximum Gasteiger partial charge on any atom is 0.472 e. The number of nitrogens with one attached hydrogen (secondary N) is 1. The topological polar surface area (TPSA) is 272 Å². The van der Waals surface area contributed by atoms with E-state index in [1.807, 2.05) is 0 Å². The first-order valence-electron chi connectivity index (χ1n) is 32.1. The molecule has 2 unspecified atom stereocenters. The Morgan fingerprint density at radius 1 is 0.554 bits per heavy atom. The molecule has 0 aliphatic carbocycles. The molecule has 0 radical (unpaired) electrons. The second-order valence-corrected chi connectivity index (χ2v) is 24.2. The molecule has 83 heavy (non-hydrogen) atoms. The van der Waals surface area contributed by atoms with Crippen LogP contribution in [0.15, 0.2) is 18.2 Å². The van der Waals surface area contributed by atoms with E-state index < -0.39 is 68.9 Å². The zero-order valence-electron chi connectivity index (χ0n) is 51.1. The van der Waals surface area contributed by atoms with Crippen molar-refractivity contribution in [3.63, 3.8) is 0 Å². The summed E-state index contributed by atoms with van der Waals surface area (Å²) in [4.78, 5) is 94.9. The van der Waals surface area contributed by atoms with Crippen LogP contribution in [-0.2, 0) is 64.9 Å². The van der Waals surface area contributed by atoms with Crippen molar-refractivity contribution in [2.24, 2.45) is 0 Å². The summed E-state index contributed by atoms with van der Waals surface area (Å²) in [6, 6.07) is 4.19. The van der Waals surface area contributed by atoms with Gasteiger partial charge >= 0.3 is 37.7 Å². The number of ether oxygens (including phenoxy) is 2. The van der Waals surface area contributed by atoms with Gasteiger partial charge in [-0.2, -0.15) is 0 Å². The molecule has 5 N–H and O–H groups in total. The van der Waals surface area contributed by atoms with E-state index in [1.165, 1.54) is 141 Å². The SMILES string of the molecule is CCCCCCCCCCCCCCCCCC(=O)OC[C@H](COP(=O)(O)OCCNC(=O)CCCC(C(=O)O)N1CCN(CC(=O)O)Cc2cccc(n2)CN(CC(=O)O)CC1)OC(=O)CCCCCCCCCCCCCCCCC. The molecule has 2 heterocycles. The number of aromatic nitrogens is 1. The third kappa shape index (κ3) is 42.4. The number of phosphoric acid groups is 1. The van der Waals surface area contributed by atoms with Gasteiger partial charge in [0, 0.05) is 65.1 Å². The highest BCUT2D eigenvalue weighted by Crippen LogP contribution is 2.43. The Morgan fingerprint density at radius 2 is 0.976 bits per heavy atom. The van der Waals surface area contributed by atoms with Crippen LogP contribution < -0.4 is 5.32 Å². The van der Waals surface area contributed by atoms with Crippen molar-refractivity contribution in [2.45, 2.75) is 264 Å². The molecule has 0 aromatic carbocycles. The minimum Gasteiger partial charge on any atom is -0.480 e. The van der Waals surface area contributed by atoms with Gasteiger partial charge < -0.3 is 35.0 Å². The Balaban J connectivity index is 1.84. The lowest BCUT2D eigenvalue weighted by Gasteiger charge is -2.33. The molecule has 2 bridgehead atoms. The van der Waals surface area contributed by atoms with Crippen molar-refractivity contribution in [2.75, 3.05) is 65.6 Å². The maximum absolute atomic E-state index is 13.0. The average Bonchev–Trinajstić information content (AvgIpc) is 3.59. The Morgan fingerprint density at radius 3 is 1.40 bits per heavy atom. The van der Waals surface area contributed by atoms with Crippen LogP contribution in [-0.4, -0.2) is 153 Å². The van der Waals surface area contributed by atoms with Crippen molar-refractivity contribution >= 4 is 43.6 Å². The zero-order chi connectivity index (χ0) is 60.6. The van der Waals surface area contributed by atoms with E-state index in [1.54, 1.807) is 32.9 Å². The number of hydrogen-bond acceptors (Lipinski definition) is 15. The molecule has 478 valence electrons. The Labute approximate surface area is 497 Å². The number of amides is 1. The van der Waals surface area contributed by atoms with Crippen LogP contribution in [0.2, 0.25) is 0 Å². The predicted octanol–water partition coefficient (Wildman–Crippen LogP) is 12.0. The number of nitrogens with zero attached hydrogens (tertiary/aromatic N) is 4. The molecule has 1 aromatic heterocycles. The first kappa shape index (κ1) is 75.1. The van der Waals surface area contributed by atoms with E-state index in [2.05, 4.69) is 24.1 Å². The third-order valence-corrected chi connectivity index (χ3v) is 16.2. The molecule has 2 rings (SSSR count). The summed E-state index contributed by atoms with van der Waals surface area (Å²) >= 11 is 0. The van der Waals surface area contributed by atoms with Crippen molar-refractivity contribution in [3.8, 4) is 0 Å². The molecule has 0 saturated heterocycles. The highest BCUT2D eigenvalue weighted by Gasteiger charge is 2.29. The van der Waals surface area contributed by atoms with Gasteiger partial charge in [-0.25, -0.2) is 4.57 Å². The van der Waals surface area contributed by atoms with Crippen LogP contribution >= 0.6 is 7.82 Å². The van der Waals surface area contributed by atoms with Gasteiger partial charge in [-0.05, 0) is 37.8 Å². The van der Waals surface area contributed by atoms with Crippen molar-refractivity contribution in [1.82, 2.24) is 25.0 Å². The molecular weight excluding hydrogens is 1090 g/mol. The number of esters is 2. The predicted molar refractivity (Wildman–Crippen MR) is 322 cm³/mol. The van der Waals surface area contributed by atoms with E-state index in [-0.39, 0.29) is 97.6 Å². The highest BCUT2D eigenvalue weighted by molar-refractivity contribution is 7.47. The Hall–Kier alpha value is -4.04. The van der Waals surface area contributed by atoms with Crippen molar-refractivity contribution in [3.05, 3.63) is 29.6 Å². The van der Waals surface area contributed by atoms with Crippen LogP contribution in [0.5, 0.6) is 0 Å². The molecule has 0 spiro atoms. The zero-order valence-corrected chi connectivity index (χ0v) is 52.0. The number of pyridine rings is 1. The summed E-state index contributed by atoms with van der Waals surface area (Å²) in [5.41, 5.74) is 1.18. The van der Waals surface area contributed by atoms with Crippen LogP contribution in [0.25, 0.3) is 0 Å². The average molecular weight is 1200 g/mol. The normalized spacial score (nSPS) is 15.1. The number of carbonyl (C=O) groups excluding carboxylic acids is 3. The van der Waals surface area contributed by atoms with Crippen LogP contribution in [0.3, 0.4) is 0 Å². The lowest BCUT2D eigenvalue weighted by molar-refractivity contribution is -0.161. The molecular formula is C62H110N5O15P. The lowest BCUT2D eigenvalue weighted by atomic mass is 10.0. The summed E-state index contributed by atoms with van der Waals surface area (Å²) in [5, 5.41) is 32.2. The van der Waals surface area contributed by atoms with E-state index in [4.69, 9.17) is 18.5 Å². The molecule has 3 atom stereocenters. The number of phosphoric ester groups is 1. The molecule has 1 aliphatic heterocycles. The second-order valence-electron chi connectivity index (χ2n) is 22.8. The summed E-state index contributed by atoms with van der Waals surface area (Å²) < 4.78 is 34.4. The van der Waals surface area contributed by atoms with E-state index in [9.17, 15) is 53.5 Å². The van der Waals surface area contributed by atoms with Crippen LogP contribution in [0.4, 0.5) is 0 Å². The number of fused-ring (bicyclic) bond motifs is 2. The number of carboxylic acids is 3. The number of unbranched alkanes of at least 4 members (excludes halogenated alkanes) is 28. The van der Waals surface area contributed by atoms with Crippen molar-refractivity contribution in [1.29, 1.82) is 0 Å². The van der Waals surface area contributed by atoms with Gasteiger partial charge in [-0.3, -0.25) is 57.5 Å². The molecule has 0 fully saturated rings. The monoisotopic (exact) mass is 1200 g/mol. The molecule has 0 saturated carbocycles. The fourth-order valence-corrected chi connectivity index (χ4v) is 11.2. The number of hydrogen-bond donors (Lipinski definition) is 5. The third-order valence-electron chi connectivity index (χ3n) is 15.2. The fourth-order valence-electron chi connectivity index (χ4n) is 10.4. The quantitative estimate of drug-likeness (QED) is 0.0230. The minimum atomic E-state index is -4.74. The minimum absolute atomic E-state index is 0.0391. The number of carbonyl (C=O) groups is 6. The standard InChI is InChI=1S/C62H110N5O15P/c1-3-5-7-9-11-13-15-17-19-21-23-25-27-29-31-39-60(73)79-51-55(82-61(74)40-32-30-28-26-24-22-20-18-16-14-12-10-8-6-4-2)52-81-83(77,78)80-46-41-63-57(68)38-34-37-56(62(75)76)67-44-42-65(49-58(69)70)47-53-35-33-36-54(64-53)48-66(43-45-67)50-59(71)72/h33,35-36,55-56H,3-32,34,37-52H2,1-2H3,(H,63,68)(H,69,70)(H,71,72)(H,75,76)(H,77,78)/t55-,56?/m1/s1. The van der Waals surface area contributed by atoms with Gasteiger partial charge in [0.1, 0.15) is 12.6 Å². The Kier molecular flexibility index (Phi) is 44.4. The van der Waals surface area contributed by atoms with Gasteiger partial charge in [0.25, 0.3) is 0 Å². The molecule has 21 heteroatoms. The first-order chi connectivity index (χ1) is 40.1. The molecule has 1 amide bonds. The van der Waals surface area contributed by atoms with Gasteiger partial charge in [0.05, 0.1) is 37.7 Å². The largest absolute Gasteiger partial charge is 0.480 e. The van der Waals surface area contributed by atoms with E-state index in [0.717, 1.165) is 38.5 Å². The summed E-state index contributed by atoms with van der Waals surface area (Å²) in [6.45, 7) is 3.30. The summed E-state index contributed by atoms with van der Waals surface area (Å²) in [5.74, 6) is -4.74. The second kappa shape index (κ2) is 49.1. The van der Waals surface area contributed by atoms with Crippen LogP contribution in [0, 0.1) is 0 Å².